The van der Waals surface area contributed by atoms with Crippen molar-refractivity contribution in [3.63, 3.8) is 0 Å². The van der Waals surface area contributed by atoms with Gasteiger partial charge in [-0.25, -0.2) is 0 Å². The summed E-state index contributed by atoms with van der Waals surface area (Å²) in [5, 5.41) is 10.7. The summed E-state index contributed by atoms with van der Waals surface area (Å²) in [5.74, 6) is 0. The van der Waals surface area contributed by atoms with Crippen molar-refractivity contribution in [2.75, 3.05) is 0 Å². The second kappa shape index (κ2) is 2.24. The number of aryl methyl sites for hydroxylation is 1. The van der Waals surface area contributed by atoms with Gasteiger partial charge in [0.05, 0.1) is 0 Å². The van der Waals surface area contributed by atoms with Crippen LogP contribution in [0.1, 0.15) is 5.56 Å². The Kier molecular flexibility index (Phi) is 1.36. The summed E-state index contributed by atoms with van der Waals surface area (Å²) < 4.78 is 1.15. The first-order valence-electron chi connectivity index (χ1n) is 3.45. The fraction of sp³-hybridized carbons (Fsp3) is 0.111. The molecule has 1 heterocycles. The van der Waals surface area contributed by atoms with Crippen molar-refractivity contribution in [1.82, 2.24) is 0 Å². The monoisotopic (exact) mass is 164 g/mol. The molecule has 0 aliphatic rings. The van der Waals surface area contributed by atoms with Crippen LogP contribution in [0, 0.1) is 6.92 Å². The topological polar surface area (TPSA) is 20.2 Å². The van der Waals surface area contributed by atoms with Gasteiger partial charge in [-0.15, -0.1) is 0 Å². The van der Waals surface area contributed by atoms with Crippen LogP contribution in [0.15, 0.2) is 24.3 Å². The van der Waals surface area contributed by atoms with Crippen LogP contribution in [-0.2, 0) is 0 Å². The molecule has 56 valence electrons. The van der Waals surface area contributed by atoms with Crippen LogP contribution < -0.4 is 0 Å². The maximum atomic E-state index is 9.17. The van der Waals surface area contributed by atoms with E-state index in [4.69, 9.17) is 5.11 Å². The van der Waals surface area contributed by atoms with E-state index in [1.807, 2.05) is 13.0 Å². The first-order chi connectivity index (χ1) is 5.25. The summed E-state index contributed by atoms with van der Waals surface area (Å²) in [6.45, 7) is 2.05. The Balaban J connectivity index is 2.82. The molecule has 1 aromatic heterocycles. The fourth-order valence-corrected chi connectivity index (χ4v) is 1.93. The maximum Gasteiger partial charge on any atom is 0.172 e. The van der Waals surface area contributed by atoms with Gasteiger partial charge in [0.15, 0.2) is 5.06 Å². The van der Waals surface area contributed by atoms with E-state index in [2.05, 4.69) is 12.1 Å². The number of hydrogen-bond donors (Lipinski definition) is 1. The minimum absolute atomic E-state index is 0.394. The molecule has 11 heavy (non-hydrogen) atoms. The average molecular weight is 164 g/mol. The zero-order valence-corrected chi connectivity index (χ0v) is 6.98. The van der Waals surface area contributed by atoms with Gasteiger partial charge in [-0.3, -0.25) is 0 Å². The summed E-state index contributed by atoms with van der Waals surface area (Å²) in [7, 11) is 0. The first kappa shape index (κ1) is 6.68. The molecule has 0 atom stereocenters. The predicted octanol–water partition coefficient (Wildman–Crippen LogP) is 2.92. The minimum Gasteiger partial charge on any atom is -0.499 e. The van der Waals surface area contributed by atoms with Crippen LogP contribution in [0.2, 0.25) is 0 Å². The van der Waals surface area contributed by atoms with Crippen molar-refractivity contribution in [3.05, 3.63) is 29.8 Å². The minimum atomic E-state index is 0.394. The van der Waals surface area contributed by atoms with E-state index in [9.17, 15) is 0 Å². The van der Waals surface area contributed by atoms with Gasteiger partial charge in [-0.05, 0) is 24.4 Å². The van der Waals surface area contributed by atoms with Crippen molar-refractivity contribution in [2.45, 2.75) is 6.92 Å². The Bertz CT molecular complexity index is 389. The third-order valence-corrected chi connectivity index (χ3v) is 2.58. The molecule has 0 aliphatic heterocycles. The number of hydrogen-bond acceptors (Lipinski definition) is 2. The van der Waals surface area contributed by atoms with Gasteiger partial charge in [0.25, 0.3) is 0 Å². The number of fused-ring (bicyclic) bond motifs is 1. The molecule has 0 radical (unpaired) electrons. The van der Waals surface area contributed by atoms with E-state index >= 15 is 0 Å². The Morgan fingerprint density at radius 3 is 2.91 bits per heavy atom. The number of rotatable bonds is 0. The largest absolute Gasteiger partial charge is 0.499 e. The van der Waals surface area contributed by atoms with E-state index in [1.165, 1.54) is 16.9 Å². The summed E-state index contributed by atoms with van der Waals surface area (Å²) in [6.07, 6.45) is 0. The molecular weight excluding hydrogens is 156 g/mol. The highest BCUT2D eigenvalue weighted by atomic mass is 32.1. The molecule has 0 saturated heterocycles. The molecule has 0 saturated carbocycles. The van der Waals surface area contributed by atoms with Crippen LogP contribution in [0.3, 0.4) is 0 Å². The lowest BCUT2D eigenvalue weighted by molar-refractivity contribution is 0.491. The molecule has 0 aliphatic carbocycles. The van der Waals surface area contributed by atoms with Crippen molar-refractivity contribution in [1.29, 1.82) is 0 Å². The molecule has 1 aromatic carbocycles. The maximum absolute atomic E-state index is 9.17. The van der Waals surface area contributed by atoms with Crippen molar-refractivity contribution < 1.29 is 5.11 Å². The van der Waals surface area contributed by atoms with Crippen LogP contribution in [-0.4, -0.2) is 5.11 Å². The van der Waals surface area contributed by atoms with Crippen molar-refractivity contribution in [3.8, 4) is 5.06 Å². The lowest BCUT2D eigenvalue weighted by Gasteiger charge is -1.89. The Hall–Kier alpha value is -1.02. The summed E-state index contributed by atoms with van der Waals surface area (Å²) in [5.41, 5.74) is 1.23. The summed E-state index contributed by atoms with van der Waals surface area (Å²) in [6, 6.07) is 7.96. The number of benzene rings is 1. The normalized spacial score (nSPS) is 10.6. The molecule has 0 amide bonds. The lowest BCUT2D eigenvalue weighted by Crippen LogP contribution is -1.67. The molecule has 1 N–H and O–H groups in total. The molecule has 0 fully saturated rings. The summed E-state index contributed by atoms with van der Waals surface area (Å²) in [4.78, 5) is 0. The number of aromatic hydroxyl groups is 1. The molecule has 1 nitrogen and oxygen atoms in total. The fourth-order valence-electron chi connectivity index (χ4n) is 1.15. The SMILES string of the molecule is Cc1ccc2sc(O)cc2c1. The van der Waals surface area contributed by atoms with Gasteiger partial charge in [0.1, 0.15) is 0 Å². The van der Waals surface area contributed by atoms with Gasteiger partial charge in [-0.2, -0.15) is 0 Å². The Morgan fingerprint density at radius 2 is 2.09 bits per heavy atom. The molecule has 0 unspecified atom stereocenters. The van der Waals surface area contributed by atoms with E-state index in [1.54, 1.807) is 6.07 Å². The lowest BCUT2D eigenvalue weighted by atomic mass is 10.2. The third kappa shape index (κ3) is 1.10. The van der Waals surface area contributed by atoms with Crippen LogP contribution in [0.4, 0.5) is 0 Å². The van der Waals surface area contributed by atoms with Crippen molar-refractivity contribution >= 4 is 21.4 Å². The first-order valence-corrected chi connectivity index (χ1v) is 4.26. The molecule has 2 rings (SSSR count). The third-order valence-electron chi connectivity index (χ3n) is 1.66. The smallest absolute Gasteiger partial charge is 0.172 e. The van der Waals surface area contributed by atoms with Crippen LogP contribution >= 0.6 is 11.3 Å². The molecule has 2 aromatic rings. The van der Waals surface area contributed by atoms with Crippen LogP contribution in [0.25, 0.3) is 10.1 Å². The van der Waals surface area contributed by atoms with E-state index in [0.717, 1.165) is 10.1 Å². The summed E-state index contributed by atoms with van der Waals surface area (Å²) >= 11 is 1.42. The van der Waals surface area contributed by atoms with E-state index < -0.39 is 0 Å². The Labute approximate surface area is 68.9 Å². The highest BCUT2D eigenvalue weighted by molar-refractivity contribution is 7.20. The number of thiophene rings is 1. The Morgan fingerprint density at radius 1 is 1.27 bits per heavy atom. The average Bonchev–Trinajstić information content (AvgIpc) is 2.27. The van der Waals surface area contributed by atoms with Gasteiger partial charge in [-0.1, -0.05) is 29.0 Å². The zero-order valence-electron chi connectivity index (χ0n) is 6.16. The highest BCUT2D eigenvalue weighted by Crippen LogP contribution is 2.30. The highest BCUT2D eigenvalue weighted by Gasteiger charge is 1.98. The van der Waals surface area contributed by atoms with E-state index in [-0.39, 0.29) is 0 Å². The molecule has 0 bridgehead atoms. The standard InChI is InChI=1S/C9H8OS/c1-6-2-3-8-7(4-6)5-9(10)11-8/h2-5,10H,1H3. The van der Waals surface area contributed by atoms with Gasteiger partial charge >= 0.3 is 0 Å². The molecule has 0 spiro atoms. The second-order valence-electron chi connectivity index (χ2n) is 2.63. The van der Waals surface area contributed by atoms with E-state index in [0.29, 0.717) is 5.06 Å². The van der Waals surface area contributed by atoms with Crippen molar-refractivity contribution in [2.24, 2.45) is 0 Å². The van der Waals surface area contributed by atoms with Gasteiger partial charge in [0.2, 0.25) is 0 Å². The molecular formula is C9H8OS. The van der Waals surface area contributed by atoms with Gasteiger partial charge in [0, 0.05) is 4.70 Å². The zero-order chi connectivity index (χ0) is 7.84. The molecule has 2 heteroatoms. The quantitative estimate of drug-likeness (QED) is 0.634. The van der Waals surface area contributed by atoms with Crippen LogP contribution in [0.5, 0.6) is 5.06 Å². The van der Waals surface area contributed by atoms with Gasteiger partial charge < -0.3 is 5.11 Å². The second-order valence-corrected chi connectivity index (χ2v) is 3.69. The predicted molar refractivity (Wildman–Crippen MR) is 48.2 cm³/mol.